The molecule has 0 spiro atoms. The van der Waals surface area contributed by atoms with Gasteiger partial charge in [0.1, 0.15) is 0 Å². The van der Waals surface area contributed by atoms with Gasteiger partial charge in [-0.1, -0.05) is 0 Å². The standard InChI is InChI=1S/C14H27N5/c1-17(2)14(6-5-7-14)11-18(3)10-13(15)12-8-16-19(4)9-12/h8-9,13H,5-7,10-11,15H2,1-4H3. The van der Waals surface area contributed by atoms with E-state index < -0.39 is 0 Å². The van der Waals surface area contributed by atoms with E-state index in [9.17, 15) is 0 Å². The number of hydrogen-bond acceptors (Lipinski definition) is 4. The Morgan fingerprint density at radius 3 is 2.53 bits per heavy atom. The summed E-state index contributed by atoms with van der Waals surface area (Å²) in [6.45, 7) is 1.97. The fourth-order valence-corrected chi connectivity index (χ4v) is 2.97. The van der Waals surface area contributed by atoms with Crippen LogP contribution in [-0.2, 0) is 7.05 Å². The number of nitrogens with two attached hydrogens (primary N) is 1. The summed E-state index contributed by atoms with van der Waals surface area (Å²) in [5.74, 6) is 0. The maximum atomic E-state index is 6.26. The lowest BCUT2D eigenvalue weighted by Gasteiger charge is -2.49. The highest BCUT2D eigenvalue weighted by Gasteiger charge is 2.39. The third-order valence-electron chi connectivity index (χ3n) is 4.46. The van der Waals surface area contributed by atoms with Gasteiger partial charge >= 0.3 is 0 Å². The van der Waals surface area contributed by atoms with Gasteiger partial charge < -0.3 is 15.5 Å². The van der Waals surface area contributed by atoms with E-state index in [4.69, 9.17) is 5.73 Å². The minimum Gasteiger partial charge on any atom is -0.323 e. The van der Waals surface area contributed by atoms with Crippen molar-refractivity contribution in [2.45, 2.75) is 30.8 Å². The van der Waals surface area contributed by atoms with Crippen LogP contribution < -0.4 is 5.73 Å². The summed E-state index contributed by atoms with van der Waals surface area (Å²) in [5.41, 5.74) is 7.73. The van der Waals surface area contributed by atoms with Crippen LogP contribution in [-0.4, -0.2) is 59.4 Å². The number of rotatable bonds is 6. The Hall–Kier alpha value is -0.910. The van der Waals surface area contributed by atoms with Crippen molar-refractivity contribution >= 4 is 0 Å². The van der Waals surface area contributed by atoms with Gasteiger partial charge in [-0.2, -0.15) is 5.10 Å². The molecule has 5 nitrogen and oxygen atoms in total. The quantitative estimate of drug-likeness (QED) is 0.828. The van der Waals surface area contributed by atoms with Crippen LogP contribution in [0, 0.1) is 0 Å². The molecule has 1 saturated carbocycles. The van der Waals surface area contributed by atoms with Crippen LogP contribution in [0.5, 0.6) is 0 Å². The SMILES string of the molecule is CN(CC(N)c1cnn(C)c1)CC1(N(C)C)CCC1. The van der Waals surface area contributed by atoms with Crippen molar-refractivity contribution in [1.29, 1.82) is 0 Å². The highest BCUT2D eigenvalue weighted by molar-refractivity contribution is 5.10. The van der Waals surface area contributed by atoms with Gasteiger partial charge in [0.05, 0.1) is 6.20 Å². The Morgan fingerprint density at radius 1 is 1.42 bits per heavy atom. The lowest BCUT2D eigenvalue weighted by molar-refractivity contribution is 0.0265. The van der Waals surface area contributed by atoms with Crippen molar-refractivity contribution < 1.29 is 0 Å². The molecule has 1 aliphatic rings. The van der Waals surface area contributed by atoms with E-state index >= 15 is 0 Å². The van der Waals surface area contributed by atoms with E-state index in [1.807, 2.05) is 24.1 Å². The molecule has 0 aliphatic heterocycles. The normalized spacial score (nSPS) is 19.7. The lowest BCUT2D eigenvalue weighted by atomic mass is 9.75. The van der Waals surface area contributed by atoms with Gasteiger partial charge in [-0.3, -0.25) is 4.68 Å². The minimum absolute atomic E-state index is 0.0398. The summed E-state index contributed by atoms with van der Waals surface area (Å²) in [6.07, 6.45) is 7.81. The zero-order valence-electron chi connectivity index (χ0n) is 12.6. The monoisotopic (exact) mass is 265 g/mol. The molecule has 0 saturated heterocycles. The van der Waals surface area contributed by atoms with Crippen molar-refractivity contribution in [2.24, 2.45) is 12.8 Å². The molecule has 1 fully saturated rings. The smallest absolute Gasteiger partial charge is 0.0537 e. The molecule has 1 aliphatic carbocycles. The summed E-state index contributed by atoms with van der Waals surface area (Å²) in [4.78, 5) is 4.74. The predicted octanol–water partition coefficient (Wildman–Crippen LogP) is 0.836. The molecule has 2 N–H and O–H groups in total. The average molecular weight is 265 g/mol. The molecule has 1 unspecified atom stereocenters. The highest BCUT2D eigenvalue weighted by Crippen LogP contribution is 2.36. The molecule has 5 heteroatoms. The second-order valence-corrected chi connectivity index (χ2v) is 6.22. The van der Waals surface area contributed by atoms with Gasteiger partial charge in [0, 0.05) is 43.5 Å². The zero-order valence-corrected chi connectivity index (χ0v) is 12.6. The van der Waals surface area contributed by atoms with Crippen LogP contribution in [0.2, 0.25) is 0 Å². The second-order valence-electron chi connectivity index (χ2n) is 6.22. The summed E-state index contributed by atoms with van der Waals surface area (Å²) in [6, 6.07) is 0.0398. The van der Waals surface area contributed by atoms with Crippen LogP contribution in [0.4, 0.5) is 0 Å². The Morgan fingerprint density at radius 2 is 2.11 bits per heavy atom. The van der Waals surface area contributed by atoms with Gasteiger partial charge in [-0.25, -0.2) is 0 Å². The molecule has 108 valence electrons. The summed E-state index contributed by atoms with van der Waals surface area (Å²) >= 11 is 0. The Balaban J connectivity index is 1.89. The Labute approximate surface area is 116 Å². The summed E-state index contributed by atoms with van der Waals surface area (Å²) in [7, 11) is 8.47. The summed E-state index contributed by atoms with van der Waals surface area (Å²) < 4.78 is 1.81. The number of aryl methyl sites for hydroxylation is 1. The maximum Gasteiger partial charge on any atom is 0.0537 e. The first kappa shape index (κ1) is 14.5. The molecule has 0 aromatic carbocycles. The molecule has 0 radical (unpaired) electrons. The molecule has 1 atom stereocenters. The van der Waals surface area contributed by atoms with E-state index in [1.165, 1.54) is 19.3 Å². The Kier molecular flexibility index (Phi) is 4.28. The minimum atomic E-state index is 0.0398. The second kappa shape index (κ2) is 5.61. The van der Waals surface area contributed by atoms with Crippen molar-refractivity contribution in [3.63, 3.8) is 0 Å². The molecule has 1 aromatic rings. The van der Waals surface area contributed by atoms with Gasteiger partial charge in [-0.15, -0.1) is 0 Å². The van der Waals surface area contributed by atoms with E-state index in [1.54, 1.807) is 0 Å². The van der Waals surface area contributed by atoms with Gasteiger partial charge in [0.25, 0.3) is 0 Å². The van der Waals surface area contributed by atoms with Gasteiger partial charge in [0.2, 0.25) is 0 Å². The first-order valence-corrected chi connectivity index (χ1v) is 7.03. The van der Waals surface area contributed by atoms with E-state index in [0.29, 0.717) is 5.54 Å². The van der Waals surface area contributed by atoms with Crippen molar-refractivity contribution in [3.8, 4) is 0 Å². The fraction of sp³-hybridized carbons (Fsp3) is 0.786. The fourth-order valence-electron chi connectivity index (χ4n) is 2.97. The van der Waals surface area contributed by atoms with E-state index in [-0.39, 0.29) is 6.04 Å². The van der Waals surface area contributed by atoms with Crippen LogP contribution >= 0.6 is 0 Å². The molecule has 1 heterocycles. The maximum absolute atomic E-state index is 6.26. The Bertz CT molecular complexity index is 408. The molecule has 19 heavy (non-hydrogen) atoms. The van der Waals surface area contributed by atoms with Gasteiger partial charge in [-0.05, 0) is 40.4 Å². The number of aromatic nitrogens is 2. The number of hydrogen-bond donors (Lipinski definition) is 1. The van der Waals surface area contributed by atoms with Crippen molar-refractivity contribution in [1.82, 2.24) is 19.6 Å². The third-order valence-corrected chi connectivity index (χ3v) is 4.46. The lowest BCUT2D eigenvalue weighted by Crippen LogP contribution is -2.57. The largest absolute Gasteiger partial charge is 0.323 e. The van der Waals surface area contributed by atoms with Crippen LogP contribution in [0.15, 0.2) is 12.4 Å². The molecule has 1 aromatic heterocycles. The predicted molar refractivity (Wildman–Crippen MR) is 77.9 cm³/mol. The molecule has 0 amide bonds. The molecule has 0 bridgehead atoms. The zero-order chi connectivity index (χ0) is 14.0. The molecular formula is C14H27N5. The third kappa shape index (κ3) is 3.16. The molecule has 2 rings (SSSR count). The van der Waals surface area contributed by atoms with Crippen LogP contribution in [0.1, 0.15) is 30.9 Å². The van der Waals surface area contributed by atoms with E-state index in [0.717, 1.165) is 18.7 Å². The first-order valence-electron chi connectivity index (χ1n) is 7.03. The van der Waals surface area contributed by atoms with Crippen LogP contribution in [0.3, 0.4) is 0 Å². The average Bonchev–Trinajstić information content (AvgIpc) is 2.69. The summed E-state index contributed by atoms with van der Waals surface area (Å²) in [5, 5.41) is 4.19. The van der Waals surface area contributed by atoms with Crippen molar-refractivity contribution in [2.75, 3.05) is 34.2 Å². The van der Waals surface area contributed by atoms with E-state index in [2.05, 4.69) is 36.0 Å². The number of nitrogens with zero attached hydrogens (tertiary/aromatic N) is 4. The number of likely N-dealkylation sites (N-methyl/N-ethyl adjacent to an activating group) is 2. The van der Waals surface area contributed by atoms with Gasteiger partial charge in [0.15, 0.2) is 0 Å². The first-order chi connectivity index (χ1) is 8.93. The topological polar surface area (TPSA) is 50.3 Å². The molecular weight excluding hydrogens is 238 g/mol. The van der Waals surface area contributed by atoms with Crippen LogP contribution in [0.25, 0.3) is 0 Å². The highest BCUT2D eigenvalue weighted by atomic mass is 15.2. The van der Waals surface area contributed by atoms with Crippen molar-refractivity contribution in [3.05, 3.63) is 18.0 Å².